The fraction of sp³-hybridized carbons (Fsp3) is 0. The van der Waals surface area contributed by atoms with Crippen molar-refractivity contribution in [3.63, 3.8) is 0 Å². The molecular formula is C17H9NO2. The van der Waals surface area contributed by atoms with E-state index < -0.39 is 0 Å². The van der Waals surface area contributed by atoms with E-state index in [9.17, 15) is 9.59 Å². The van der Waals surface area contributed by atoms with Crippen molar-refractivity contribution in [2.45, 2.75) is 0 Å². The highest BCUT2D eigenvalue weighted by Gasteiger charge is 2.25. The molecule has 0 spiro atoms. The molecule has 0 amide bonds. The van der Waals surface area contributed by atoms with E-state index in [0.29, 0.717) is 27.8 Å². The number of fused-ring (bicyclic) bond motifs is 1. The van der Waals surface area contributed by atoms with E-state index in [-0.39, 0.29) is 11.6 Å². The van der Waals surface area contributed by atoms with Crippen LogP contribution in [0.2, 0.25) is 0 Å². The first-order chi connectivity index (χ1) is 9.70. The molecular weight excluding hydrogens is 250 g/mol. The molecule has 1 aliphatic rings. The SMILES string of the molecule is N#Cc1cccc(C2=CC(=O)c3ccccc3C2=O)c1. The average molecular weight is 259 g/mol. The van der Waals surface area contributed by atoms with E-state index in [2.05, 4.69) is 0 Å². The zero-order chi connectivity index (χ0) is 14.1. The maximum atomic E-state index is 12.5. The highest BCUT2D eigenvalue weighted by atomic mass is 16.1. The van der Waals surface area contributed by atoms with Gasteiger partial charge in [0.25, 0.3) is 0 Å². The Balaban J connectivity index is 2.15. The number of rotatable bonds is 1. The molecule has 0 unspecified atom stereocenters. The zero-order valence-electron chi connectivity index (χ0n) is 10.5. The topological polar surface area (TPSA) is 57.9 Å². The summed E-state index contributed by atoms with van der Waals surface area (Å²) in [6, 6.07) is 15.5. The van der Waals surface area contributed by atoms with Crippen LogP contribution in [-0.4, -0.2) is 11.6 Å². The lowest BCUT2D eigenvalue weighted by molar-refractivity contribution is 0.100. The van der Waals surface area contributed by atoms with Gasteiger partial charge in [-0.25, -0.2) is 0 Å². The predicted octanol–water partition coefficient (Wildman–Crippen LogP) is 3.02. The summed E-state index contributed by atoms with van der Waals surface area (Å²) in [7, 11) is 0. The van der Waals surface area contributed by atoms with Gasteiger partial charge in [0.15, 0.2) is 11.6 Å². The Morgan fingerprint density at radius 3 is 2.40 bits per heavy atom. The molecule has 0 radical (unpaired) electrons. The van der Waals surface area contributed by atoms with Gasteiger partial charge >= 0.3 is 0 Å². The van der Waals surface area contributed by atoms with Crippen LogP contribution in [-0.2, 0) is 0 Å². The normalized spacial score (nSPS) is 13.4. The summed E-state index contributed by atoms with van der Waals surface area (Å²) in [6.45, 7) is 0. The molecule has 3 heteroatoms. The molecule has 94 valence electrons. The second kappa shape index (κ2) is 4.60. The summed E-state index contributed by atoms with van der Waals surface area (Å²) < 4.78 is 0. The van der Waals surface area contributed by atoms with Crippen LogP contribution in [0.1, 0.15) is 31.8 Å². The third-order valence-electron chi connectivity index (χ3n) is 3.26. The summed E-state index contributed by atoms with van der Waals surface area (Å²) in [5.41, 5.74) is 2.24. The number of allylic oxidation sites excluding steroid dienone is 2. The molecule has 0 atom stereocenters. The van der Waals surface area contributed by atoms with Gasteiger partial charge in [-0.3, -0.25) is 9.59 Å². The van der Waals surface area contributed by atoms with Gasteiger partial charge in [-0.1, -0.05) is 36.4 Å². The van der Waals surface area contributed by atoms with Gasteiger partial charge in [-0.15, -0.1) is 0 Å². The van der Waals surface area contributed by atoms with Crippen molar-refractivity contribution in [2.75, 3.05) is 0 Å². The number of carbonyl (C=O) groups is 2. The molecule has 3 nitrogen and oxygen atoms in total. The Morgan fingerprint density at radius 2 is 1.65 bits per heavy atom. The molecule has 20 heavy (non-hydrogen) atoms. The zero-order valence-corrected chi connectivity index (χ0v) is 10.5. The lowest BCUT2D eigenvalue weighted by Crippen LogP contribution is -2.16. The minimum Gasteiger partial charge on any atom is -0.289 e. The second-order valence-corrected chi connectivity index (χ2v) is 4.49. The number of nitriles is 1. The first-order valence-electron chi connectivity index (χ1n) is 6.11. The molecule has 0 saturated carbocycles. The van der Waals surface area contributed by atoms with Crippen LogP contribution in [0.15, 0.2) is 54.6 Å². The van der Waals surface area contributed by atoms with Crippen LogP contribution in [0.4, 0.5) is 0 Å². The lowest BCUT2D eigenvalue weighted by Gasteiger charge is -2.15. The quantitative estimate of drug-likeness (QED) is 0.791. The van der Waals surface area contributed by atoms with E-state index in [1.54, 1.807) is 48.5 Å². The third kappa shape index (κ3) is 1.84. The van der Waals surface area contributed by atoms with Crippen molar-refractivity contribution in [1.29, 1.82) is 5.26 Å². The smallest absolute Gasteiger partial charge is 0.194 e. The van der Waals surface area contributed by atoms with Crippen LogP contribution in [0.25, 0.3) is 5.57 Å². The van der Waals surface area contributed by atoms with E-state index in [1.165, 1.54) is 6.08 Å². The van der Waals surface area contributed by atoms with E-state index in [4.69, 9.17) is 5.26 Å². The van der Waals surface area contributed by atoms with Crippen molar-refractivity contribution in [1.82, 2.24) is 0 Å². The fourth-order valence-corrected chi connectivity index (χ4v) is 2.29. The van der Waals surface area contributed by atoms with E-state index in [0.717, 1.165) is 0 Å². The summed E-state index contributed by atoms with van der Waals surface area (Å²) in [4.78, 5) is 24.5. The lowest BCUT2D eigenvalue weighted by atomic mass is 9.86. The molecule has 2 aromatic carbocycles. The molecule has 0 bridgehead atoms. The van der Waals surface area contributed by atoms with E-state index in [1.807, 2.05) is 6.07 Å². The average Bonchev–Trinajstić information content (AvgIpc) is 2.51. The van der Waals surface area contributed by atoms with Gasteiger partial charge in [0.05, 0.1) is 11.6 Å². The largest absolute Gasteiger partial charge is 0.289 e. The molecule has 0 aliphatic heterocycles. The number of ketones is 2. The Kier molecular flexibility index (Phi) is 2.77. The van der Waals surface area contributed by atoms with Crippen LogP contribution in [0.3, 0.4) is 0 Å². The fourth-order valence-electron chi connectivity index (χ4n) is 2.29. The number of hydrogen-bond donors (Lipinski definition) is 0. The number of carbonyl (C=O) groups excluding carboxylic acids is 2. The van der Waals surface area contributed by atoms with Crippen LogP contribution < -0.4 is 0 Å². The third-order valence-corrected chi connectivity index (χ3v) is 3.26. The standard InChI is InChI=1S/C17H9NO2/c18-10-11-4-3-5-12(8-11)15-9-16(19)13-6-1-2-7-14(13)17(15)20/h1-9H. The minimum absolute atomic E-state index is 0.183. The van der Waals surface area contributed by atoms with Crippen molar-refractivity contribution >= 4 is 17.1 Å². The van der Waals surface area contributed by atoms with Gasteiger partial charge in [-0.2, -0.15) is 5.26 Å². The Hall–Kier alpha value is -2.99. The number of benzene rings is 2. The number of nitrogens with zero attached hydrogens (tertiary/aromatic N) is 1. The predicted molar refractivity (Wildman–Crippen MR) is 74.2 cm³/mol. The minimum atomic E-state index is -0.185. The molecule has 0 fully saturated rings. The van der Waals surface area contributed by atoms with Crippen LogP contribution in [0.5, 0.6) is 0 Å². The molecule has 3 rings (SSSR count). The molecule has 0 aromatic heterocycles. The van der Waals surface area contributed by atoms with Gasteiger partial charge in [0.2, 0.25) is 0 Å². The maximum absolute atomic E-state index is 12.5. The Labute approximate surface area is 115 Å². The Morgan fingerprint density at radius 1 is 0.900 bits per heavy atom. The van der Waals surface area contributed by atoms with Crippen LogP contribution >= 0.6 is 0 Å². The van der Waals surface area contributed by atoms with Crippen LogP contribution in [0, 0.1) is 11.3 Å². The van der Waals surface area contributed by atoms with Crippen molar-refractivity contribution in [2.24, 2.45) is 0 Å². The maximum Gasteiger partial charge on any atom is 0.194 e. The van der Waals surface area contributed by atoms with Crippen molar-refractivity contribution in [3.8, 4) is 6.07 Å². The summed E-state index contributed by atoms with van der Waals surface area (Å²) in [5, 5.41) is 8.91. The summed E-state index contributed by atoms with van der Waals surface area (Å²) >= 11 is 0. The summed E-state index contributed by atoms with van der Waals surface area (Å²) in [6.07, 6.45) is 1.35. The van der Waals surface area contributed by atoms with Gasteiger partial charge in [-0.05, 0) is 23.8 Å². The number of hydrogen-bond acceptors (Lipinski definition) is 3. The van der Waals surface area contributed by atoms with Crippen molar-refractivity contribution < 1.29 is 9.59 Å². The number of Topliss-reactive ketones (excluding diaryl/α,β-unsaturated/α-hetero) is 1. The van der Waals surface area contributed by atoms with E-state index >= 15 is 0 Å². The van der Waals surface area contributed by atoms with Gasteiger partial charge in [0.1, 0.15) is 0 Å². The first kappa shape index (κ1) is 12.1. The molecule has 0 N–H and O–H groups in total. The molecule has 2 aromatic rings. The molecule has 0 saturated heterocycles. The molecule has 0 heterocycles. The van der Waals surface area contributed by atoms with Gasteiger partial charge < -0.3 is 0 Å². The Bertz CT molecular complexity index is 810. The van der Waals surface area contributed by atoms with Crippen molar-refractivity contribution in [3.05, 3.63) is 76.9 Å². The second-order valence-electron chi connectivity index (χ2n) is 4.49. The highest BCUT2D eigenvalue weighted by molar-refractivity contribution is 6.38. The molecule has 1 aliphatic carbocycles. The highest BCUT2D eigenvalue weighted by Crippen LogP contribution is 2.27. The summed E-state index contributed by atoms with van der Waals surface area (Å²) in [5.74, 6) is -0.368. The monoisotopic (exact) mass is 259 g/mol. The van der Waals surface area contributed by atoms with Gasteiger partial charge in [0, 0.05) is 16.7 Å². The first-order valence-corrected chi connectivity index (χ1v) is 6.11.